The molecule has 2 fully saturated rings. The van der Waals surface area contributed by atoms with Crippen LogP contribution in [0.4, 0.5) is 6.01 Å². The Bertz CT molecular complexity index is 747. The Morgan fingerprint density at radius 2 is 2.12 bits per heavy atom. The molecular weight excluding hydrogens is 350 g/mol. The summed E-state index contributed by atoms with van der Waals surface area (Å²) in [7, 11) is 0. The van der Waals surface area contributed by atoms with Crippen molar-refractivity contribution in [3.63, 3.8) is 0 Å². The van der Waals surface area contributed by atoms with Crippen molar-refractivity contribution >= 4 is 46.4 Å². The van der Waals surface area contributed by atoms with Gasteiger partial charge < -0.3 is 19.0 Å². The van der Waals surface area contributed by atoms with Gasteiger partial charge in [-0.3, -0.25) is 4.79 Å². The van der Waals surface area contributed by atoms with Gasteiger partial charge in [0.25, 0.3) is 11.9 Å². The van der Waals surface area contributed by atoms with E-state index in [0.29, 0.717) is 36.3 Å². The number of hydrogen-bond acceptors (Lipinski definition) is 6. The molecule has 1 aromatic carbocycles. The smallest absolute Gasteiger partial charge is 0.298 e. The van der Waals surface area contributed by atoms with Gasteiger partial charge in [0.05, 0.1) is 13.2 Å². The molecule has 1 amide bonds. The lowest BCUT2D eigenvalue weighted by Crippen LogP contribution is -2.52. The number of thioether (sulfide) groups is 1. The second kappa shape index (κ2) is 6.82. The van der Waals surface area contributed by atoms with Gasteiger partial charge in [0.2, 0.25) is 0 Å². The molecule has 2 aliphatic heterocycles. The number of rotatable bonds is 2. The number of carbonyl (C=O) groups excluding carboxylic acids is 1. The molecule has 2 aromatic rings. The first-order chi connectivity index (χ1) is 11.7. The van der Waals surface area contributed by atoms with E-state index in [2.05, 4.69) is 4.98 Å². The maximum Gasteiger partial charge on any atom is 0.298 e. The number of morpholine rings is 1. The van der Waals surface area contributed by atoms with Gasteiger partial charge in [0, 0.05) is 42.2 Å². The third-order valence-electron chi connectivity index (χ3n) is 4.27. The molecule has 1 aromatic heterocycles. The highest BCUT2D eigenvalue weighted by Crippen LogP contribution is 2.26. The summed E-state index contributed by atoms with van der Waals surface area (Å²) in [4.78, 5) is 21.0. The molecule has 0 spiro atoms. The van der Waals surface area contributed by atoms with Crippen molar-refractivity contribution in [3.8, 4) is 0 Å². The number of oxazole rings is 1. The molecule has 1 atom stereocenters. The zero-order valence-corrected chi connectivity index (χ0v) is 14.7. The average Bonchev–Trinajstić information content (AvgIpc) is 3.05. The summed E-state index contributed by atoms with van der Waals surface area (Å²) < 4.78 is 11.5. The molecule has 0 saturated carbocycles. The first-order valence-electron chi connectivity index (χ1n) is 8.00. The summed E-state index contributed by atoms with van der Waals surface area (Å²) in [6.07, 6.45) is -0.458. The average molecular weight is 368 g/mol. The number of nitrogens with zero attached hydrogens (tertiary/aromatic N) is 3. The predicted octanol–water partition coefficient (Wildman–Crippen LogP) is 2.26. The van der Waals surface area contributed by atoms with Gasteiger partial charge in [0.15, 0.2) is 11.7 Å². The van der Waals surface area contributed by atoms with Gasteiger partial charge in [-0.2, -0.15) is 16.7 Å². The van der Waals surface area contributed by atoms with Crippen LogP contribution in [0.1, 0.15) is 0 Å². The standard InChI is InChI=1S/C16H18ClN3O3S/c17-11-1-2-12-13(9-11)23-16(18-12)20-3-6-22-14(10-20)15(21)19-4-7-24-8-5-19/h1-2,9,14H,3-8,10H2. The highest BCUT2D eigenvalue weighted by molar-refractivity contribution is 7.99. The fourth-order valence-electron chi connectivity index (χ4n) is 2.98. The summed E-state index contributed by atoms with van der Waals surface area (Å²) in [5, 5.41) is 0.614. The Balaban J connectivity index is 1.50. The molecule has 0 bridgehead atoms. The van der Waals surface area contributed by atoms with Crippen LogP contribution in [0.15, 0.2) is 22.6 Å². The summed E-state index contributed by atoms with van der Waals surface area (Å²) in [6.45, 7) is 3.19. The third-order valence-corrected chi connectivity index (χ3v) is 5.45. The lowest BCUT2D eigenvalue weighted by atomic mass is 10.2. The van der Waals surface area contributed by atoms with Crippen LogP contribution in [0, 0.1) is 0 Å². The second-order valence-electron chi connectivity index (χ2n) is 5.85. The van der Waals surface area contributed by atoms with Crippen molar-refractivity contribution in [1.29, 1.82) is 0 Å². The van der Waals surface area contributed by atoms with E-state index in [1.165, 1.54) is 0 Å². The Hall–Kier alpha value is -1.44. The number of ether oxygens (including phenoxy) is 1. The Kier molecular flexibility index (Phi) is 4.56. The Labute approximate surface area is 149 Å². The van der Waals surface area contributed by atoms with Gasteiger partial charge in [-0.1, -0.05) is 11.6 Å². The number of fused-ring (bicyclic) bond motifs is 1. The summed E-state index contributed by atoms with van der Waals surface area (Å²) in [5.74, 6) is 2.06. The lowest BCUT2D eigenvalue weighted by Gasteiger charge is -2.35. The van der Waals surface area contributed by atoms with Crippen molar-refractivity contribution in [1.82, 2.24) is 9.88 Å². The van der Waals surface area contributed by atoms with Gasteiger partial charge >= 0.3 is 0 Å². The van der Waals surface area contributed by atoms with E-state index in [-0.39, 0.29) is 5.91 Å². The minimum absolute atomic E-state index is 0.0687. The quantitative estimate of drug-likeness (QED) is 0.811. The normalized spacial score (nSPS) is 22.1. The second-order valence-corrected chi connectivity index (χ2v) is 7.51. The summed E-state index contributed by atoms with van der Waals surface area (Å²) >= 11 is 7.87. The van der Waals surface area contributed by atoms with Crippen LogP contribution in [0.3, 0.4) is 0 Å². The zero-order valence-electron chi connectivity index (χ0n) is 13.1. The van der Waals surface area contributed by atoms with Gasteiger partial charge in [-0.25, -0.2) is 0 Å². The molecule has 0 N–H and O–H groups in total. The van der Waals surface area contributed by atoms with Crippen LogP contribution in [0.25, 0.3) is 11.1 Å². The molecule has 6 nitrogen and oxygen atoms in total. The first kappa shape index (κ1) is 16.1. The number of hydrogen-bond donors (Lipinski definition) is 0. The number of benzene rings is 1. The van der Waals surface area contributed by atoms with Crippen LogP contribution < -0.4 is 4.90 Å². The molecular formula is C16H18ClN3O3S. The summed E-state index contributed by atoms with van der Waals surface area (Å²) in [6, 6.07) is 5.89. The topological polar surface area (TPSA) is 58.8 Å². The molecule has 128 valence electrons. The fourth-order valence-corrected chi connectivity index (χ4v) is 4.05. The molecule has 3 heterocycles. The SMILES string of the molecule is O=C(C1CN(c2nc3ccc(Cl)cc3o2)CCO1)N1CCSCC1. The molecule has 2 aliphatic rings. The van der Waals surface area contributed by atoms with E-state index in [0.717, 1.165) is 30.1 Å². The molecule has 0 aliphatic carbocycles. The van der Waals surface area contributed by atoms with Crippen molar-refractivity contribution in [2.75, 3.05) is 49.2 Å². The van der Waals surface area contributed by atoms with E-state index in [9.17, 15) is 4.79 Å². The fraction of sp³-hybridized carbons (Fsp3) is 0.500. The van der Waals surface area contributed by atoms with Crippen LogP contribution in [-0.4, -0.2) is 66.2 Å². The van der Waals surface area contributed by atoms with Crippen LogP contribution in [-0.2, 0) is 9.53 Å². The lowest BCUT2D eigenvalue weighted by molar-refractivity contribution is -0.144. The van der Waals surface area contributed by atoms with E-state index < -0.39 is 6.10 Å². The molecule has 8 heteroatoms. The number of aromatic nitrogens is 1. The number of amides is 1. The number of halogens is 1. The Morgan fingerprint density at radius 1 is 1.29 bits per heavy atom. The van der Waals surface area contributed by atoms with Crippen molar-refractivity contribution in [3.05, 3.63) is 23.2 Å². The monoisotopic (exact) mass is 367 g/mol. The Morgan fingerprint density at radius 3 is 2.96 bits per heavy atom. The zero-order chi connectivity index (χ0) is 16.5. The van der Waals surface area contributed by atoms with E-state index in [4.69, 9.17) is 20.8 Å². The van der Waals surface area contributed by atoms with E-state index in [1.807, 2.05) is 27.6 Å². The molecule has 0 radical (unpaired) electrons. The highest BCUT2D eigenvalue weighted by Gasteiger charge is 2.32. The van der Waals surface area contributed by atoms with Gasteiger partial charge in [0.1, 0.15) is 5.52 Å². The molecule has 1 unspecified atom stereocenters. The van der Waals surface area contributed by atoms with Crippen molar-refractivity contribution < 1.29 is 13.9 Å². The van der Waals surface area contributed by atoms with E-state index in [1.54, 1.807) is 12.1 Å². The van der Waals surface area contributed by atoms with Crippen LogP contribution in [0.2, 0.25) is 5.02 Å². The number of anilines is 1. The largest absolute Gasteiger partial charge is 0.423 e. The van der Waals surface area contributed by atoms with E-state index >= 15 is 0 Å². The maximum atomic E-state index is 12.6. The van der Waals surface area contributed by atoms with Crippen molar-refractivity contribution in [2.24, 2.45) is 0 Å². The van der Waals surface area contributed by atoms with Crippen LogP contribution >= 0.6 is 23.4 Å². The van der Waals surface area contributed by atoms with Crippen molar-refractivity contribution in [2.45, 2.75) is 6.10 Å². The van der Waals surface area contributed by atoms with Gasteiger partial charge in [-0.05, 0) is 12.1 Å². The molecule has 24 heavy (non-hydrogen) atoms. The van der Waals surface area contributed by atoms with Crippen LogP contribution in [0.5, 0.6) is 0 Å². The maximum absolute atomic E-state index is 12.6. The highest BCUT2D eigenvalue weighted by atomic mass is 35.5. The number of carbonyl (C=O) groups is 1. The first-order valence-corrected chi connectivity index (χ1v) is 9.53. The minimum Gasteiger partial charge on any atom is -0.423 e. The van der Waals surface area contributed by atoms with Gasteiger partial charge in [-0.15, -0.1) is 0 Å². The third kappa shape index (κ3) is 3.20. The molecule has 2 saturated heterocycles. The molecule has 4 rings (SSSR count). The summed E-state index contributed by atoms with van der Waals surface area (Å²) in [5.41, 5.74) is 1.41. The predicted molar refractivity (Wildman–Crippen MR) is 94.9 cm³/mol. The minimum atomic E-state index is -0.458.